The molecule has 0 bridgehead atoms. The van der Waals surface area contributed by atoms with E-state index in [2.05, 4.69) is 24.1 Å². The molecule has 1 heterocycles. The lowest BCUT2D eigenvalue weighted by Gasteiger charge is -2.34. The first-order chi connectivity index (χ1) is 10.2. The van der Waals surface area contributed by atoms with Gasteiger partial charge in [0.15, 0.2) is 0 Å². The summed E-state index contributed by atoms with van der Waals surface area (Å²) >= 11 is 0. The number of halogens is 2. The van der Waals surface area contributed by atoms with Crippen LogP contribution < -0.4 is 10.2 Å². The molecular weight excluding hydrogens is 272 g/mol. The Morgan fingerprint density at radius 3 is 2.14 bits per heavy atom. The normalized spacial score (nSPS) is 18.0. The molecule has 0 aliphatic carbocycles. The van der Waals surface area contributed by atoms with E-state index >= 15 is 0 Å². The van der Waals surface area contributed by atoms with Crippen molar-refractivity contribution in [2.75, 3.05) is 44.2 Å². The van der Waals surface area contributed by atoms with Crippen molar-refractivity contribution in [1.82, 2.24) is 10.2 Å². The maximum Gasteiger partial charge on any atom is 0.258 e. The van der Waals surface area contributed by atoms with Crippen molar-refractivity contribution in [3.8, 4) is 0 Å². The molecule has 0 saturated carbocycles. The zero-order valence-electron chi connectivity index (χ0n) is 12.9. The van der Waals surface area contributed by atoms with E-state index in [-0.39, 0.29) is 0 Å². The molecule has 21 heavy (non-hydrogen) atoms. The van der Waals surface area contributed by atoms with Gasteiger partial charge in [-0.2, -0.15) is 0 Å². The first-order valence-corrected chi connectivity index (χ1v) is 7.75. The molecule has 1 atom stereocenters. The Morgan fingerprint density at radius 1 is 1.10 bits per heavy atom. The standard InChI is InChI=1S/C16H25F2N3/c1-3-20(4-2)14-7-5-13(6-8-14)15(16(17)18)21-11-9-19-10-12-21/h5-8,15-16,19H,3-4,9-12H2,1-2H3/t15-/m0/s1. The first kappa shape index (κ1) is 16.2. The maximum absolute atomic E-state index is 13.5. The minimum absolute atomic E-state index is 0.673. The van der Waals surface area contributed by atoms with E-state index in [1.807, 2.05) is 29.2 Å². The minimum Gasteiger partial charge on any atom is -0.372 e. The quantitative estimate of drug-likeness (QED) is 0.871. The number of anilines is 1. The molecule has 0 radical (unpaired) electrons. The lowest BCUT2D eigenvalue weighted by atomic mass is 10.0. The number of nitrogens with zero attached hydrogens (tertiary/aromatic N) is 2. The fraction of sp³-hybridized carbons (Fsp3) is 0.625. The third kappa shape index (κ3) is 3.92. The molecule has 0 unspecified atom stereocenters. The van der Waals surface area contributed by atoms with Gasteiger partial charge in [-0.3, -0.25) is 4.90 Å². The van der Waals surface area contributed by atoms with Crippen molar-refractivity contribution in [1.29, 1.82) is 0 Å². The predicted molar refractivity (Wildman–Crippen MR) is 83.2 cm³/mol. The van der Waals surface area contributed by atoms with Crippen molar-refractivity contribution in [3.63, 3.8) is 0 Å². The molecule has 118 valence electrons. The van der Waals surface area contributed by atoms with E-state index in [1.54, 1.807) is 0 Å². The summed E-state index contributed by atoms with van der Waals surface area (Å²) in [5, 5.41) is 3.21. The molecule has 0 aromatic heterocycles. The predicted octanol–water partition coefficient (Wildman–Crippen LogP) is 2.74. The third-order valence-electron chi connectivity index (χ3n) is 4.15. The molecule has 2 rings (SSSR count). The highest BCUT2D eigenvalue weighted by atomic mass is 19.3. The monoisotopic (exact) mass is 297 g/mol. The highest BCUT2D eigenvalue weighted by Crippen LogP contribution is 2.29. The van der Waals surface area contributed by atoms with Crippen LogP contribution >= 0.6 is 0 Å². The molecule has 1 N–H and O–H groups in total. The van der Waals surface area contributed by atoms with Gasteiger partial charge >= 0.3 is 0 Å². The van der Waals surface area contributed by atoms with Crippen molar-refractivity contribution in [3.05, 3.63) is 29.8 Å². The number of piperazine rings is 1. The molecule has 1 aliphatic rings. The first-order valence-electron chi connectivity index (χ1n) is 7.75. The van der Waals surface area contributed by atoms with Crippen molar-refractivity contribution >= 4 is 5.69 Å². The van der Waals surface area contributed by atoms with E-state index in [4.69, 9.17) is 0 Å². The van der Waals surface area contributed by atoms with E-state index in [9.17, 15) is 8.78 Å². The van der Waals surface area contributed by atoms with Gasteiger partial charge in [-0.15, -0.1) is 0 Å². The van der Waals surface area contributed by atoms with Gasteiger partial charge in [0.25, 0.3) is 6.43 Å². The van der Waals surface area contributed by atoms with Crippen molar-refractivity contribution in [2.24, 2.45) is 0 Å². The number of rotatable bonds is 6. The highest BCUT2D eigenvalue weighted by molar-refractivity contribution is 5.47. The second kappa shape index (κ2) is 7.71. The SMILES string of the molecule is CCN(CC)c1ccc([C@@H](C(F)F)N2CCNCC2)cc1. The average molecular weight is 297 g/mol. The molecular formula is C16H25F2N3. The third-order valence-corrected chi connectivity index (χ3v) is 4.15. The molecule has 1 aromatic carbocycles. The summed E-state index contributed by atoms with van der Waals surface area (Å²) in [6.07, 6.45) is -2.36. The van der Waals surface area contributed by atoms with Gasteiger partial charge < -0.3 is 10.2 Å². The van der Waals surface area contributed by atoms with Crippen LogP contribution in [-0.4, -0.2) is 50.6 Å². The van der Waals surface area contributed by atoms with Crippen LogP contribution in [0.5, 0.6) is 0 Å². The van der Waals surface area contributed by atoms with Gasteiger partial charge in [0.05, 0.1) is 6.04 Å². The topological polar surface area (TPSA) is 18.5 Å². The van der Waals surface area contributed by atoms with Gasteiger partial charge in [-0.25, -0.2) is 8.78 Å². The minimum atomic E-state index is -2.36. The second-order valence-corrected chi connectivity index (χ2v) is 5.33. The van der Waals surface area contributed by atoms with Crippen molar-refractivity contribution in [2.45, 2.75) is 26.3 Å². The van der Waals surface area contributed by atoms with Gasteiger partial charge in [-0.1, -0.05) is 12.1 Å². The maximum atomic E-state index is 13.5. The lowest BCUT2D eigenvalue weighted by molar-refractivity contribution is 0.0182. The van der Waals surface area contributed by atoms with Crippen LogP contribution in [0.1, 0.15) is 25.5 Å². The molecule has 1 saturated heterocycles. The molecule has 5 heteroatoms. The molecule has 3 nitrogen and oxygen atoms in total. The van der Waals surface area contributed by atoms with Crippen LogP contribution in [-0.2, 0) is 0 Å². The Morgan fingerprint density at radius 2 is 1.67 bits per heavy atom. The number of hydrogen-bond acceptors (Lipinski definition) is 3. The summed E-state index contributed by atoms with van der Waals surface area (Å²) in [5.74, 6) is 0. The summed E-state index contributed by atoms with van der Waals surface area (Å²) in [7, 11) is 0. The molecule has 0 amide bonds. The van der Waals surface area contributed by atoms with Crippen LogP contribution in [0.2, 0.25) is 0 Å². The lowest BCUT2D eigenvalue weighted by Crippen LogP contribution is -2.46. The summed E-state index contributed by atoms with van der Waals surface area (Å²) in [5.41, 5.74) is 1.81. The van der Waals surface area contributed by atoms with Gasteiger partial charge in [0, 0.05) is 45.0 Å². The zero-order chi connectivity index (χ0) is 15.2. The van der Waals surface area contributed by atoms with Crippen LogP contribution in [0.3, 0.4) is 0 Å². The summed E-state index contributed by atoms with van der Waals surface area (Å²) in [6, 6.07) is 6.83. The van der Waals surface area contributed by atoms with Gasteiger partial charge in [0.2, 0.25) is 0 Å². The molecule has 1 aromatic rings. The van der Waals surface area contributed by atoms with Crippen LogP contribution in [0.4, 0.5) is 14.5 Å². The van der Waals surface area contributed by atoms with Crippen molar-refractivity contribution < 1.29 is 8.78 Å². The van der Waals surface area contributed by atoms with Gasteiger partial charge in [-0.05, 0) is 31.5 Å². The summed E-state index contributed by atoms with van der Waals surface area (Å²) in [6.45, 7) is 8.94. The Kier molecular flexibility index (Phi) is 5.94. The zero-order valence-corrected chi connectivity index (χ0v) is 12.9. The van der Waals surface area contributed by atoms with Gasteiger partial charge in [0.1, 0.15) is 0 Å². The number of benzene rings is 1. The smallest absolute Gasteiger partial charge is 0.258 e. The van der Waals surface area contributed by atoms with E-state index in [0.29, 0.717) is 18.7 Å². The van der Waals surface area contributed by atoms with Crippen LogP contribution in [0.25, 0.3) is 0 Å². The average Bonchev–Trinajstić information content (AvgIpc) is 2.51. The van der Waals surface area contributed by atoms with Crippen LogP contribution in [0, 0.1) is 0 Å². The Labute approximate surface area is 125 Å². The largest absolute Gasteiger partial charge is 0.372 e. The fourth-order valence-electron chi connectivity index (χ4n) is 2.95. The fourth-order valence-corrected chi connectivity index (χ4v) is 2.95. The number of alkyl halides is 2. The molecule has 1 fully saturated rings. The second-order valence-electron chi connectivity index (χ2n) is 5.33. The Bertz CT molecular complexity index is 412. The number of nitrogens with one attached hydrogen (secondary N) is 1. The van der Waals surface area contributed by atoms with E-state index in [1.165, 1.54) is 0 Å². The Hall–Kier alpha value is -1.20. The molecule has 1 aliphatic heterocycles. The van der Waals surface area contributed by atoms with Crippen LogP contribution in [0.15, 0.2) is 24.3 Å². The molecule has 0 spiro atoms. The summed E-state index contributed by atoms with van der Waals surface area (Å²) < 4.78 is 27.0. The van der Waals surface area contributed by atoms with E-state index in [0.717, 1.165) is 31.9 Å². The summed E-state index contributed by atoms with van der Waals surface area (Å²) in [4.78, 5) is 4.10. The number of hydrogen-bond donors (Lipinski definition) is 1. The van der Waals surface area contributed by atoms with E-state index < -0.39 is 12.5 Å². The Balaban J connectivity index is 2.16. The highest BCUT2D eigenvalue weighted by Gasteiger charge is 2.29.